The van der Waals surface area contributed by atoms with Crippen molar-refractivity contribution in [3.8, 4) is 0 Å². The van der Waals surface area contributed by atoms with Gasteiger partial charge in [0.25, 0.3) is 0 Å². The third kappa shape index (κ3) is 1.73. The Morgan fingerprint density at radius 3 is 2.46 bits per heavy atom. The third-order valence-corrected chi connectivity index (χ3v) is 2.46. The van der Waals surface area contributed by atoms with E-state index in [1.807, 2.05) is 24.3 Å². The first-order valence-electron chi connectivity index (χ1n) is 3.82. The number of hydrogen-bond donors (Lipinski definition) is 1. The summed E-state index contributed by atoms with van der Waals surface area (Å²) in [7, 11) is 0. The minimum absolute atomic E-state index is 0.259. The number of halogens is 1. The highest BCUT2D eigenvalue weighted by molar-refractivity contribution is 9.10. The molecule has 1 aromatic carbocycles. The van der Waals surface area contributed by atoms with Crippen molar-refractivity contribution in [2.45, 2.75) is 12.2 Å². The molecule has 68 valence electrons. The molecule has 0 aliphatic carbocycles. The van der Waals surface area contributed by atoms with Crippen LogP contribution in [0.3, 0.4) is 0 Å². The first kappa shape index (κ1) is 8.72. The van der Waals surface area contributed by atoms with Crippen LogP contribution in [0.1, 0.15) is 11.7 Å². The van der Waals surface area contributed by atoms with E-state index in [-0.39, 0.29) is 6.10 Å². The molecule has 1 fully saturated rings. The molecule has 0 aromatic heterocycles. The zero-order valence-corrected chi connectivity index (χ0v) is 8.19. The number of carboxylic acids is 1. The highest BCUT2D eigenvalue weighted by Crippen LogP contribution is 2.38. The first-order valence-corrected chi connectivity index (χ1v) is 4.61. The highest BCUT2D eigenvalue weighted by atomic mass is 79.9. The summed E-state index contributed by atoms with van der Waals surface area (Å²) in [4.78, 5) is 10.5. The molecule has 1 aliphatic rings. The number of epoxide rings is 1. The quantitative estimate of drug-likeness (QED) is 0.808. The minimum Gasteiger partial charge on any atom is -0.479 e. The molecule has 2 rings (SSSR count). The van der Waals surface area contributed by atoms with Crippen LogP contribution >= 0.6 is 15.9 Å². The molecule has 3 nitrogen and oxygen atoms in total. The van der Waals surface area contributed by atoms with Crippen LogP contribution in [0.5, 0.6) is 0 Å². The van der Waals surface area contributed by atoms with Crippen LogP contribution in [0.25, 0.3) is 0 Å². The van der Waals surface area contributed by atoms with Crippen molar-refractivity contribution in [1.82, 2.24) is 0 Å². The van der Waals surface area contributed by atoms with Gasteiger partial charge in [0.05, 0.1) is 0 Å². The lowest BCUT2D eigenvalue weighted by molar-refractivity contribution is -0.138. The van der Waals surface area contributed by atoms with E-state index in [9.17, 15) is 4.79 Å². The second-order valence-electron chi connectivity index (χ2n) is 2.87. The number of hydrogen-bond acceptors (Lipinski definition) is 2. The first-order chi connectivity index (χ1) is 6.18. The fraction of sp³-hybridized carbons (Fsp3) is 0.222. The maximum absolute atomic E-state index is 10.5. The lowest BCUT2D eigenvalue weighted by atomic mass is 10.1. The van der Waals surface area contributed by atoms with Gasteiger partial charge in [0.1, 0.15) is 6.10 Å². The molecule has 1 N–H and O–H groups in total. The Bertz CT molecular complexity index is 333. The second-order valence-corrected chi connectivity index (χ2v) is 3.78. The van der Waals surface area contributed by atoms with Gasteiger partial charge >= 0.3 is 5.97 Å². The molecule has 2 atom stereocenters. The molecule has 1 saturated heterocycles. The molecule has 4 heteroatoms. The molecule has 0 unspecified atom stereocenters. The van der Waals surface area contributed by atoms with Crippen LogP contribution in [-0.4, -0.2) is 17.2 Å². The average molecular weight is 243 g/mol. The van der Waals surface area contributed by atoms with E-state index in [1.165, 1.54) is 0 Å². The SMILES string of the molecule is O=C(O)[C@@H]1O[C@H]1c1ccc(Br)cc1. The van der Waals surface area contributed by atoms with E-state index >= 15 is 0 Å². The number of carbonyl (C=O) groups is 1. The molecular formula is C9H7BrO3. The average Bonchev–Trinajstić information content (AvgIpc) is 2.85. The summed E-state index contributed by atoms with van der Waals surface area (Å²) in [5, 5.41) is 8.61. The van der Waals surface area contributed by atoms with Gasteiger partial charge in [-0.3, -0.25) is 0 Å². The van der Waals surface area contributed by atoms with Crippen LogP contribution in [0.15, 0.2) is 28.7 Å². The summed E-state index contributed by atoms with van der Waals surface area (Å²) in [5.74, 6) is -0.895. The van der Waals surface area contributed by atoms with Crippen LogP contribution < -0.4 is 0 Å². The molecule has 13 heavy (non-hydrogen) atoms. The summed E-state index contributed by atoms with van der Waals surface area (Å²) < 4.78 is 5.97. The Kier molecular flexibility index (Phi) is 2.09. The summed E-state index contributed by atoms with van der Waals surface area (Å²) in [6.45, 7) is 0. The van der Waals surface area contributed by atoms with E-state index in [2.05, 4.69) is 15.9 Å². The Morgan fingerprint density at radius 2 is 2.00 bits per heavy atom. The smallest absolute Gasteiger partial charge is 0.335 e. The molecule has 1 aliphatic heterocycles. The predicted molar refractivity (Wildman–Crippen MR) is 49.4 cm³/mol. The fourth-order valence-corrected chi connectivity index (χ4v) is 1.47. The van der Waals surface area contributed by atoms with Crippen LogP contribution in [-0.2, 0) is 9.53 Å². The maximum atomic E-state index is 10.5. The lowest BCUT2D eigenvalue weighted by Gasteiger charge is -1.94. The number of rotatable bonds is 2. The molecule has 1 heterocycles. The van der Waals surface area contributed by atoms with Crippen molar-refractivity contribution in [3.05, 3.63) is 34.3 Å². The molecule has 1 aromatic rings. The van der Waals surface area contributed by atoms with Crippen LogP contribution in [0.2, 0.25) is 0 Å². The number of benzene rings is 1. The van der Waals surface area contributed by atoms with E-state index in [1.54, 1.807) is 0 Å². The fourth-order valence-electron chi connectivity index (χ4n) is 1.21. The van der Waals surface area contributed by atoms with Crippen molar-refractivity contribution in [2.24, 2.45) is 0 Å². The molecule has 0 radical (unpaired) electrons. The molecular weight excluding hydrogens is 236 g/mol. The van der Waals surface area contributed by atoms with Crippen LogP contribution in [0.4, 0.5) is 0 Å². The monoisotopic (exact) mass is 242 g/mol. The predicted octanol–water partition coefficient (Wildman–Crippen LogP) is 1.97. The largest absolute Gasteiger partial charge is 0.479 e. The Morgan fingerprint density at radius 1 is 1.38 bits per heavy atom. The summed E-state index contributed by atoms with van der Waals surface area (Å²) >= 11 is 3.30. The van der Waals surface area contributed by atoms with Crippen molar-refractivity contribution >= 4 is 21.9 Å². The van der Waals surface area contributed by atoms with E-state index in [4.69, 9.17) is 9.84 Å². The standard InChI is InChI=1S/C9H7BrO3/c10-6-3-1-5(2-4-6)7-8(13-7)9(11)12/h1-4,7-8H,(H,11,12)/t7-,8+/m0/s1. The second kappa shape index (κ2) is 3.12. The molecule has 0 spiro atoms. The normalized spacial score (nSPS) is 25.6. The van der Waals surface area contributed by atoms with E-state index in [0.29, 0.717) is 0 Å². The molecule has 0 bridgehead atoms. The topological polar surface area (TPSA) is 49.8 Å². The summed E-state index contributed by atoms with van der Waals surface area (Å²) in [5.41, 5.74) is 0.913. The van der Waals surface area contributed by atoms with Gasteiger partial charge in [-0.15, -0.1) is 0 Å². The molecule has 0 saturated carbocycles. The summed E-state index contributed by atoms with van der Waals surface area (Å²) in [6.07, 6.45) is -0.910. The van der Waals surface area contributed by atoms with Gasteiger partial charge in [-0.2, -0.15) is 0 Å². The van der Waals surface area contributed by atoms with Crippen molar-refractivity contribution in [1.29, 1.82) is 0 Å². The van der Waals surface area contributed by atoms with E-state index in [0.717, 1.165) is 10.0 Å². The van der Waals surface area contributed by atoms with Crippen LogP contribution in [0, 0.1) is 0 Å². The van der Waals surface area contributed by atoms with Gasteiger partial charge in [-0.1, -0.05) is 28.1 Å². The third-order valence-electron chi connectivity index (χ3n) is 1.93. The van der Waals surface area contributed by atoms with Gasteiger partial charge in [0.15, 0.2) is 6.10 Å². The number of carboxylic acid groups (broad SMARTS) is 1. The van der Waals surface area contributed by atoms with Gasteiger partial charge in [0, 0.05) is 4.47 Å². The van der Waals surface area contributed by atoms with Gasteiger partial charge in [0.2, 0.25) is 0 Å². The zero-order chi connectivity index (χ0) is 9.42. The molecule has 0 amide bonds. The van der Waals surface area contributed by atoms with Crippen molar-refractivity contribution in [3.63, 3.8) is 0 Å². The maximum Gasteiger partial charge on any atom is 0.335 e. The van der Waals surface area contributed by atoms with Crippen molar-refractivity contribution in [2.75, 3.05) is 0 Å². The van der Waals surface area contributed by atoms with Gasteiger partial charge < -0.3 is 9.84 Å². The van der Waals surface area contributed by atoms with Gasteiger partial charge in [-0.05, 0) is 17.7 Å². The Balaban J connectivity index is 2.12. The Labute approximate surface area is 83.5 Å². The minimum atomic E-state index is -0.895. The number of ether oxygens (including phenoxy) is 1. The van der Waals surface area contributed by atoms with Gasteiger partial charge in [-0.25, -0.2) is 4.79 Å². The highest BCUT2D eigenvalue weighted by Gasteiger charge is 2.46. The van der Waals surface area contributed by atoms with Crippen molar-refractivity contribution < 1.29 is 14.6 Å². The lowest BCUT2D eigenvalue weighted by Crippen LogP contribution is -2.04. The summed E-state index contributed by atoms with van der Waals surface area (Å²) in [6, 6.07) is 7.46. The zero-order valence-electron chi connectivity index (χ0n) is 6.61. The number of aliphatic carboxylic acids is 1. The Hall–Kier alpha value is -0.870. The van der Waals surface area contributed by atoms with E-state index < -0.39 is 12.1 Å².